The van der Waals surface area contributed by atoms with Gasteiger partial charge in [0, 0.05) is 27.9 Å². The summed E-state index contributed by atoms with van der Waals surface area (Å²) in [4.78, 5) is 47.5. The first kappa shape index (κ1) is 30.8. The maximum Gasteiger partial charge on any atom is 0.338 e. The molecule has 3 amide bonds. The van der Waals surface area contributed by atoms with E-state index in [1.165, 1.54) is 25.5 Å². The van der Waals surface area contributed by atoms with E-state index in [1.54, 1.807) is 50.2 Å². The second-order valence-electron chi connectivity index (χ2n) is 8.91. The van der Waals surface area contributed by atoms with Crippen LogP contribution >= 0.6 is 15.9 Å². The summed E-state index contributed by atoms with van der Waals surface area (Å²) in [5.74, 6) is 0.143. The molecule has 43 heavy (non-hydrogen) atoms. The van der Waals surface area contributed by atoms with Gasteiger partial charge in [-0.25, -0.2) is 15.0 Å². The van der Waals surface area contributed by atoms with E-state index in [1.807, 2.05) is 0 Å². The molecule has 0 saturated carbocycles. The van der Waals surface area contributed by atoms with E-state index in [4.69, 9.17) is 18.6 Å². The lowest BCUT2D eigenvalue weighted by atomic mass is 9.95. The predicted molar refractivity (Wildman–Crippen MR) is 156 cm³/mol. The fourth-order valence-electron chi connectivity index (χ4n) is 4.13. The molecule has 0 unspecified atom stereocenters. The van der Waals surface area contributed by atoms with Gasteiger partial charge in [0.1, 0.15) is 11.5 Å². The number of hydrogen-bond acceptors (Lipinski definition) is 10. The Hall–Kier alpha value is -5.18. The van der Waals surface area contributed by atoms with Crippen molar-refractivity contribution >= 4 is 45.7 Å². The fourth-order valence-corrected chi connectivity index (χ4v) is 4.70. The Kier molecular flexibility index (Phi) is 9.77. The minimum absolute atomic E-state index is 0.0619. The number of methoxy groups -OCH3 is 1. The number of ether oxygens (including phenoxy) is 3. The largest absolute Gasteiger partial charge is 0.493 e. The van der Waals surface area contributed by atoms with Crippen molar-refractivity contribution < 1.29 is 37.9 Å². The van der Waals surface area contributed by atoms with Crippen molar-refractivity contribution in [3.63, 3.8) is 0 Å². The summed E-state index contributed by atoms with van der Waals surface area (Å²) in [7, 11) is 1.41. The van der Waals surface area contributed by atoms with Crippen LogP contribution in [0.5, 0.6) is 11.5 Å². The Labute approximate surface area is 253 Å². The number of benzene rings is 2. The first-order valence-corrected chi connectivity index (χ1v) is 13.5. The molecule has 14 nitrogen and oxygen atoms in total. The summed E-state index contributed by atoms with van der Waals surface area (Å²) >= 11 is 3.30. The lowest BCUT2D eigenvalue weighted by Crippen LogP contribution is -2.45. The van der Waals surface area contributed by atoms with E-state index >= 15 is 0 Å². The van der Waals surface area contributed by atoms with Crippen LogP contribution in [0.2, 0.25) is 0 Å². The molecule has 1 atom stereocenters. The maximum absolute atomic E-state index is 12.6. The number of carbonyl (C=O) groups is 3. The summed E-state index contributed by atoms with van der Waals surface area (Å²) in [6, 6.07) is 11.1. The Morgan fingerprint density at radius 1 is 1.19 bits per heavy atom. The number of rotatable bonds is 11. The van der Waals surface area contributed by atoms with Crippen LogP contribution in [0, 0.1) is 10.1 Å². The smallest absolute Gasteiger partial charge is 0.338 e. The van der Waals surface area contributed by atoms with E-state index in [2.05, 4.69) is 37.1 Å². The third kappa shape index (κ3) is 7.37. The molecule has 0 bridgehead atoms. The number of esters is 1. The number of nitrogens with zero attached hydrogens (tertiary/aromatic N) is 2. The monoisotopic (exact) mass is 655 g/mol. The molecule has 1 aliphatic heterocycles. The highest BCUT2D eigenvalue weighted by atomic mass is 79.9. The molecule has 1 aliphatic rings. The summed E-state index contributed by atoms with van der Waals surface area (Å²) in [6.07, 6.45) is 1.29. The Morgan fingerprint density at radius 3 is 2.67 bits per heavy atom. The summed E-state index contributed by atoms with van der Waals surface area (Å²) in [5.41, 5.74) is 4.03. The lowest BCUT2D eigenvalue weighted by Gasteiger charge is -2.28. The van der Waals surface area contributed by atoms with Gasteiger partial charge in [-0.15, -0.1) is 0 Å². The summed E-state index contributed by atoms with van der Waals surface area (Å²) in [5, 5.41) is 20.1. The van der Waals surface area contributed by atoms with Gasteiger partial charge < -0.3 is 29.3 Å². The molecule has 0 spiro atoms. The molecule has 4 rings (SSSR count). The average Bonchev–Trinajstić information content (AvgIpc) is 3.44. The number of nitro groups is 1. The van der Waals surface area contributed by atoms with Gasteiger partial charge in [0.25, 0.3) is 11.6 Å². The fraction of sp³-hybridized carbons (Fsp3) is 0.214. The van der Waals surface area contributed by atoms with E-state index in [0.29, 0.717) is 32.8 Å². The summed E-state index contributed by atoms with van der Waals surface area (Å²) in [6.45, 7) is 3.06. The molecule has 15 heteroatoms. The number of halogens is 1. The second kappa shape index (κ2) is 13.7. The number of nitro benzene ring substituents is 1. The average molecular weight is 656 g/mol. The van der Waals surface area contributed by atoms with E-state index in [0.717, 1.165) is 0 Å². The van der Waals surface area contributed by atoms with Crippen molar-refractivity contribution in [2.75, 3.05) is 20.3 Å². The molecule has 3 aromatic rings. The van der Waals surface area contributed by atoms with E-state index in [-0.39, 0.29) is 29.4 Å². The molecular formula is C28H26BrN5O9. The van der Waals surface area contributed by atoms with Crippen molar-refractivity contribution in [3.8, 4) is 22.8 Å². The number of nitrogens with one attached hydrogen (secondary N) is 3. The van der Waals surface area contributed by atoms with Gasteiger partial charge in [-0.05, 0) is 65.7 Å². The second-order valence-corrected chi connectivity index (χ2v) is 9.76. The van der Waals surface area contributed by atoms with Gasteiger partial charge in [-0.1, -0.05) is 6.07 Å². The zero-order valence-electron chi connectivity index (χ0n) is 23.1. The molecule has 1 aromatic heterocycles. The Balaban J connectivity index is 1.37. The standard InChI is InChI=1S/C28H26BrN5O9/c1-4-41-27(36)25-15(2)31-28(37)32-26(25)16-5-9-22(23(11-16)40-3)42-14-24(35)33-30-13-18-7-10-21(43-18)19-8-6-17(34(38)39)12-20(19)29/h5-13,26H,4,14H2,1-3H3,(H,33,35)(H2,31,32,37)/b30-13+/t26-/m1/s1. The van der Waals surface area contributed by atoms with E-state index in [9.17, 15) is 24.5 Å². The van der Waals surface area contributed by atoms with Crippen LogP contribution < -0.4 is 25.5 Å². The van der Waals surface area contributed by atoms with Gasteiger partial charge in [-0.2, -0.15) is 5.10 Å². The normalized spacial score (nSPS) is 14.6. The quantitative estimate of drug-likeness (QED) is 0.117. The highest BCUT2D eigenvalue weighted by molar-refractivity contribution is 9.10. The molecule has 0 radical (unpaired) electrons. The molecule has 2 heterocycles. The molecule has 3 N–H and O–H groups in total. The number of hydrogen-bond donors (Lipinski definition) is 3. The predicted octanol–water partition coefficient (Wildman–Crippen LogP) is 4.35. The zero-order chi connectivity index (χ0) is 31.1. The van der Waals surface area contributed by atoms with Gasteiger partial charge in [0.05, 0.1) is 36.5 Å². The SMILES string of the molecule is CCOC(=O)C1=C(C)NC(=O)N[C@@H]1c1ccc(OCC(=O)N/N=C/c2ccc(-c3ccc([N+](=O)[O-])cc3Br)o2)c(OC)c1. The summed E-state index contributed by atoms with van der Waals surface area (Å²) < 4.78 is 22.3. The third-order valence-electron chi connectivity index (χ3n) is 6.08. The number of furan rings is 1. The number of urea groups is 1. The minimum Gasteiger partial charge on any atom is -0.493 e. The highest BCUT2D eigenvalue weighted by Crippen LogP contribution is 2.35. The van der Waals surface area contributed by atoms with E-state index < -0.39 is 35.5 Å². The highest BCUT2D eigenvalue weighted by Gasteiger charge is 2.32. The Morgan fingerprint density at radius 2 is 1.98 bits per heavy atom. The number of hydrazone groups is 1. The number of amides is 3. The lowest BCUT2D eigenvalue weighted by molar-refractivity contribution is -0.384. The first-order valence-electron chi connectivity index (χ1n) is 12.7. The number of carbonyl (C=O) groups excluding carboxylic acids is 3. The van der Waals surface area contributed by atoms with Crippen molar-refractivity contribution in [2.45, 2.75) is 19.9 Å². The van der Waals surface area contributed by atoms with Gasteiger partial charge in [0.2, 0.25) is 0 Å². The van der Waals surface area contributed by atoms with Crippen LogP contribution in [0.25, 0.3) is 11.3 Å². The van der Waals surface area contributed by atoms with Crippen LogP contribution in [0.1, 0.15) is 31.2 Å². The molecule has 224 valence electrons. The van der Waals surface area contributed by atoms with Crippen LogP contribution in [-0.2, 0) is 14.3 Å². The molecule has 0 aliphatic carbocycles. The molecule has 0 fully saturated rings. The van der Waals surface area contributed by atoms with Crippen LogP contribution in [0.3, 0.4) is 0 Å². The third-order valence-corrected chi connectivity index (χ3v) is 6.74. The Bertz CT molecular complexity index is 1630. The van der Waals surface area contributed by atoms with Crippen LogP contribution in [0.4, 0.5) is 10.5 Å². The maximum atomic E-state index is 12.6. The van der Waals surface area contributed by atoms with Crippen molar-refractivity contribution in [1.82, 2.24) is 16.1 Å². The number of non-ortho nitro benzene ring substituents is 1. The van der Waals surface area contributed by atoms with Gasteiger partial charge in [0.15, 0.2) is 18.1 Å². The van der Waals surface area contributed by atoms with Crippen molar-refractivity contribution in [2.24, 2.45) is 5.10 Å². The van der Waals surface area contributed by atoms with Gasteiger partial charge in [-0.3, -0.25) is 14.9 Å². The molecular weight excluding hydrogens is 630 g/mol. The van der Waals surface area contributed by atoms with Gasteiger partial charge >= 0.3 is 12.0 Å². The first-order chi connectivity index (χ1) is 20.6. The molecule has 0 saturated heterocycles. The molecule has 2 aromatic carbocycles. The van der Waals surface area contributed by atoms with Crippen LogP contribution in [0.15, 0.2) is 73.8 Å². The minimum atomic E-state index is -0.794. The van der Waals surface area contributed by atoms with Crippen molar-refractivity contribution in [1.29, 1.82) is 0 Å². The zero-order valence-corrected chi connectivity index (χ0v) is 24.7. The van der Waals surface area contributed by atoms with Crippen LogP contribution in [-0.4, -0.2) is 49.4 Å². The van der Waals surface area contributed by atoms with Crippen molar-refractivity contribution in [3.05, 3.63) is 85.7 Å². The number of allylic oxidation sites excluding steroid dienone is 1. The topological polar surface area (TPSA) is 184 Å².